The zero-order valence-corrected chi connectivity index (χ0v) is 11.6. The quantitative estimate of drug-likeness (QED) is 0.730. The van der Waals surface area contributed by atoms with E-state index >= 15 is 0 Å². The molecule has 1 unspecified atom stereocenters. The Balaban J connectivity index is 2.72. The molecule has 4 heteroatoms. The van der Waals surface area contributed by atoms with Gasteiger partial charge in [0.05, 0.1) is 0 Å². The van der Waals surface area contributed by atoms with Crippen LogP contribution in [0.5, 0.6) is 0 Å². The van der Waals surface area contributed by atoms with Gasteiger partial charge in [0, 0.05) is 10.7 Å². The molecule has 0 spiro atoms. The summed E-state index contributed by atoms with van der Waals surface area (Å²) >= 11 is 5.80. The molecule has 1 aromatic rings. The molecule has 0 saturated carbocycles. The molecule has 3 nitrogen and oxygen atoms in total. The summed E-state index contributed by atoms with van der Waals surface area (Å²) in [6, 6.07) is 7.09. The van der Waals surface area contributed by atoms with Crippen molar-refractivity contribution in [3.63, 3.8) is 0 Å². The van der Waals surface area contributed by atoms with Crippen molar-refractivity contribution in [2.24, 2.45) is 0 Å². The number of carboxylic acids is 1. The average Bonchev–Trinajstić information content (AvgIpc) is 2.32. The molecule has 0 heterocycles. The minimum Gasteiger partial charge on any atom is -0.480 e. The minimum atomic E-state index is -0.928. The molecular weight excluding hydrogens is 250 g/mol. The highest BCUT2D eigenvalue weighted by molar-refractivity contribution is 6.30. The van der Waals surface area contributed by atoms with Crippen molar-refractivity contribution in [1.29, 1.82) is 0 Å². The molecule has 1 rings (SSSR count). The number of rotatable bonds is 7. The average molecular weight is 270 g/mol. The molecule has 1 aromatic carbocycles. The Labute approximate surface area is 113 Å². The largest absolute Gasteiger partial charge is 0.480 e. The van der Waals surface area contributed by atoms with Gasteiger partial charge in [0.1, 0.15) is 5.54 Å². The van der Waals surface area contributed by atoms with Crippen molar-refractivity contribution >= 4 is 23.3 Å². The number of anilines is 1. The number of aliphatic carboxylic acids is 1. The molecule has 0 amide bonds. The van der Waals surface area contributed by atoms with E-state index in [1.54, 1.807) is 31.2 Å². The fraction of sp³-hybridized carbons (Fsp3) is 0.500. The summed E-state index contributed by atoms with van der Waals surface area (Å²) in [5, 5.41) is 13.1. The third-order valence-electron chi connectivity index (χ3n) is 3.02. The van der Waals surface area contributed by atoms with Gasteiger partial charge in [-0.25, -0.2) is 4.79 Å². The van der Waals surface area contributed by atoms with Crippen LogP contribution in [0.25, 0.3) is 0 Å². The Morgan fingerprint density at radius 3 is 2.44 bits per heavy atom. The van der Waals surface area contributed by atoms with Gasteiger partial charge in [-0.3, -0.25) is 0 Å². The van der Waals surface area contributed by atoms with Gasteiger partial charge >= 0.3 is 5.97 Å². The zero-order chi connectivity index (χ0) is 13.6. The first-order chi connectivity index (χ1) is 8.48. The van der Waals surface area contributed by atoms with E-state index in [4.69, 9.17) is 11.6 Å². The van der Waals surface area contributed by atoms with E-state index in [0.717, 1.165) is 24.9 Å². The van der Waals surface area contributed by atoms with Crippen LogP contribution in [0.4, 0.5) is 5.69 Å². The molecule has 18 heavy (non-hydrogen) atoms. The fourth-order valence-corrected chi connectivity index (χ4v) is 1.93. The number of halogens is 1. The van der Waals surface area contributed by atoms with Crippen LogP contribution < -0.4 is 5.32 Å². The molecule has 1 atom stereocenters. The Hall–Kier alpha value is -1.22. The second-order valence-corrected chi connectivity index (χ2v) is 5.16. The first-order valence-corrected chi connectivity index (χ1v) is 6.63. The number of nitrogens with one attached hydrogen (secondary N) is 1. The molecule has 0 bridgehead atoms. The van der Waals surface area contributed by atoms with E-state index in [0.29, 0.717) is 11.4 Å². The zero-order valence-electron chi connectivity index (χ0n) is 10.9. The van der Waals surface area contributed by atoms with Crippen molar-refractivity contribution in [3.05, 3.63) is 29.3 Å². The summed E-state index contributed by atoms with van der Waals surface area (Å²) in [6.45, 7) is 3.82. The predicted molar refractivity (Wildman–Crippen MR) is 75.3 cm³/mol. The maximum Gasteiger partial charge on any atom is 0.329 e. The molecular formula is C14H20ClNO2. The third-order valence-corrected chi connectivity index (χ3v) is 3.27. The molecule has 0 aromatic heterocycles. The van der Waals surface area contributed by atoms with Gasteiger partial charge < -0.3 is 10.4 Å². The van der Waals surface area contributed by atoms with Gasteiger partial charge in [0.15, 0.2) is 0 Å². The normalized spacial score (nSPS) is 13.9. The van der Waals surface area contributed by atoms with Crippen LogP contribution in [-0.4, -0.2) is 16.6 Å². The van der Waals surface area contributed by atoms with Gasteiger partial charge in [-0.2, -0.15) is 0 Å². The smallest absolute Gasteiger partial charge is 0.329 e. The van der Waals surface area contributed by atoms with E-state index in [1.165, 1.54) is 0 Å². The molecule has 0 radical (unpaired) electrons. The number of hydrogen-bond acceptors (Lipinski definition) is 2. The summed E-state index contributed by atoms with van der Waals surface area (Å²) in [5.41, 5.74) is -0.149. The first kappa shape index (κ1) is 14.8. The van der Waals surface area contributed by atoms with Crippen molar-refractivity contribution in [1.82, 2.24) is 0 Å². The van der Waals surface area contributed by atoms with E-state index in [9.17, 15) is 9.90 Å². The van der Waals surface area contributed by atoms with E-state index in [1.807, 2.05) is 0 Å². The maximum atomic E-state index is 11.4. The van der Waals surface area contributed by atoms with Crippen molar-refractivity contribution in [3.8, 4) is 0 Å². The second kappa shape index (κ2) is 6.64. The SMILES string of the molecule is CCCCCC(C)(Nc1ccc(Cl)cc1)C(=O)O. The topological polar surface area (TPSA) is 49.3 Å². The molecule has 0 aliphatic rings. The van der Waals surface area contributed by atoms with Crippen LogP contribution in [0, 0.1) is 0 Å². The number of carbonyl (C=O) groups is 1. The van der Waals surface area contributed by atoms with Crippen LogP contribution >= 0.6 is 11.6 Å². The Morgan fingerprint density at radius 1 is 1.33 bits per heavy atom. The minimum absolute atomic E-state index is 0.610. The Bertz CT molecular complexity index is 391. The standard InChI is InChI=1S/C14H20ClNO2/c1-3-4-5-10-14(2,13(17)18)16-12-8-6-11(15)7-9-12/h6-9,16H,3-5,10H2,1-2H3,(H,17,18). The van der Waals surface area contributed by atoms with Gasteiger partial charge in [0.25, 0.3) is 0 Å². The summed E-state index contributed by atoms with van der Waals surface area (Å²) < 4.78 is 0. The summed E-state index contributed by atoms with van der Waals surface area (Å²) in [5.74, 6) is -0.825. The van der Waals surface area contributed by atoms with Crippen LogP contribution in [0.3, 0.4) is 0 Å². The second-order valence-electron chi connectivity index (χ2n) is 4.73. The lowest BCUT2D eigenvalue weighted by Gasteiger charge is -2.27. The third kappa shape index (κ3) is 4.22. The van der Waals surface area contributed by atoms with Crippen LogP contribution in [0.1, 0.15) is 39.5 Å². The number of hydrogen-bond donors (Lipinski definition) is 2. The molecule has 0 aliphatic carbocycles. The van der Waals surface area contributed by atoms with Crippen LogP contribution in [-0.2, 0) is 4.79 Å². The van der Waals surface area contributed by atoms with E-state index < -0.39 is 11.5 Å². The first-order valence-electron chi connectivity index (χ1n) is 6.25. The van der Waals surface area contributed by atoms with Gasteiger partial charge in [0.2, 0.25) is 0 Å². The lowest BCUT2D eigenvalue weighted by molar-refractivity contribution is -0.142. The highest BCUT2D eigenvalue weighted by Crippen LogP contribution is 2.23. The van der Waals surface area contributed by atoms with Crippen molar-refractivity contribution in [2.45, 2.75) is 45.1 Å². The van der Waals surface area contributed by atoms with E-state index in [-0.39, 0.29) is 0 Å². The Kier molecular flexibility index (Phi) is 5.48. The van der Waals surface area contributed by atoms with Gasteiger partial charge in [-0.15, -0.1) is 0 Å². The molecule has 2 N–H and O–H groups in total. The van der Waals surface area contributed by atoms with Gasteiger partial charge in [-0.05, 0) is 37.6 Å². The lowest BCUT2D eigenvalue weighted by Crippen LogP contribution is -2.43. The highest BCUT2D eigenvalue weighted by atomic mass is 35.5. The lowest BCUT2D eigenvalue weighted by atomic mass is 9.94. The number of carboxylic acid groups (broad SMARTS) is 1. The van der Waals surface area contributed by atoms with Gasteiger partial charge in [-0.1, -0.05) is 37.8 Å². The molecule has 0 saturated heterocycles. The van der Waals surface area contributed by atoms with E-state index in [2.05, 4.69) is 12.2 Å². The monoisotopic (exact) mass is 269 g/mol. The number of benzene rings is 1. The molecule has 0 fully saturated rings. The highest BCUT2D eigenvalue weighted by Gasteiger charge is 2.32. The van der Waals surface area contributed by atoms with Crippen LogP contribution in [0.2, 0.25) is 5.02 Å². The van der Waals surface area contributed by atoms with Crippen molar-refractivity contribution < 1.29 is 9.90 Å². The number of unbranched alkanes of at least 4 members (excludes halogenated alkanes) is 2. The molecule has 0 aliphatic heterocycles. The molecule has 100 valence electrons. The van der Waals surface area contributed by atoms with Crippen molar-refractivity contribution in [2.75, 3.05) is 5.32 Å². The van der Waals surface area contributed by atoms with Crippen LogP contribution in [0.15, 0.2) is 24.3 Å². The fourth-order valence-electron chi connectivity index (χ4n) is 1.80. The summed E-state index contributed by atoms with van der Waals surface area (Å²) in [4.78, 5) is 11.4. The maximum absolute atomic E-state index is 11.4. The Morgan fingerprint density at radius 2 is 1.94 bits per heavy atom. The summed E-state index contributed by atoms with van der Waals surface area (Å²) in [7, 11) is 0. The summed E-state index contributed by atoms with van der Waals surface area (Å²) in [6.07, 6.45) is 3.64. The predicted octanol–water partition coefficient (Wildman–Crippen LogP) is 4.18.